The second-order valence-electron chi connectivity index (χ2n) is 6.26. The number of rotatable bonds is 1. The summed E-state index contributed by atoms with van der Waals surface area (Å²) in [6.45, 7) is 1.77. The van der Waals surface area contributed by atoms with E-state index in [2.05, 4.69) is 0 Å². The Morgan fingerprint density at radius 1 is 1.00 bits per heavy atom. The molecule has 3 aromatic carbocycles. The Kier molecular flexibility index (Phi) is 3.72. The topological polar surface area (TPSA) is 40.5 Å². The summed E-state index contributed by atoms with van der Waals surface area (Å²) in [5.74, 6) is -1.90. The maximum absolute atomic E-state index is 14.2. The minimum atomic E-state index is -0.720. The van der Waals surface area contributed by atoms with Gasteiger partial charge in [0.25, 0.3) is 5.91 Å². The molecule has 3 aromatic rings. The van der Waals surface area contributed by atoms with Crippen LogP contribution < -0.4 is 4.90 Å². The maximum atomic E-state index is 14.2. The van der Waals surface area contributed by atoms with E-state index in [0.29, 0.717) is 11.3 Å². The first-order valence-electron chi connectivity index (χ1n) is 8.18. The zero-order valence-electron chi connectivity index (χ0n) is 13.9. The number of fused-ring (bicyclic) bond motifs is 3. The Bertz CT molecular complexity index is 1030. The number of carbonyl (C=O) groups is 1. The summed E-state index contributed by atoms with van der Waals surface area (Å²) < 4.78 is 28.0. The van der Waals surface area contributed by atoms with Gasteiger partial charge in [-0.3, -0.25) is 4.79 Å². The van der Waals surface area contributed by atoms with Crippen molar-refractivity contribution in [3.05, 3.63) is 83.4 Å². The molecule has 1 N–H and O–H groups in total. The van der Waals surface area contributed by atoms with Crippen molar-refractivity contribution in [2.75, 3.05) is 4.90 Å². The summed E-state index contributed by atoms with van der Waals surface area (Å²) in [7, 11) is 0. The van der Waals surface area contributed by atoms with Crippen LogP contribution in [0.2, 0.25) is 0 Å². The van der Waals surface area contributed by atoms with Crippen molar-refractivity contribution in [1.29, 1.82) is 0 Å². The summed E-state index contributed by atoms with van der Waals surface area (Å²) in [6, 6.07) is 14.6. The van der Waals surface area contributed by atoms with Crippen LogP contribution in [0.4, 0.5) is 14.5 Å². The molecule has 0 spiro atoms. The van der Waals surface area contributed by atoms with Crippen LogP contribution in [0.3, 0.4) is 0 Å². The van der Waals surface area contributed by atoms with Crippen LogP contribution in [0.25, 0.3) is 11.1 Å². The van der Waals surface area contributed by atoms with Gasteiger partial charge in [-0.1, -0.05) is 24.3 Å². The van der Waals surface area contributed by atoms with Crippen molar-refractivity contribution in [2.45, 2.75) is 13.0 Å². The van der Waals surface area contributed by atoms with Crippen LogP contribution in [-0.4, -0.2) is 11.0 Å². The molecule has 0 saturated heterocycles. The minimum absolute atomic E-state index is 0.195. The highest BCUT2D eigenvalue weighted by Crippen LogP contribution is 2.45. The molecule has 26 heavy (non-hydrogen) atoms. The summed E-state index contributed by atoms with van der Waals surface area (Å²) in [5, 5.41) is 9.65. The Morgan fingerprint density at radius 2 is 1.77 bits per heavy atom. The number of anilines is 1. The minimum Gasteiger partial charge on any atom is -0.508 e. The lowest BCUT2D eigenvalue weighted by Crippen LogP contribution is -2.36. The van der Waals surface area contributed by atoms with E-state index in [0.717, 1.165) is 23.3 Å². The number of benzene rings is 3. The number of hydrogen-bond donors (Lipinski definition) is 1. The molecule has 1 aliphatic rings. The highest BCUT2D eigenvalue weighted by atomic mass is 19.1. The van der Waals surface area contributed by atoms with Gasteiger partial charge in [0, 0.05) is 5.56 Å². The lowest BCUT2D eigenvalue weighted by atomic mass is 9.88. The van der Waals surface area contributed by atoms with Crippen LogP contribution in [0.5, 0.6) is 5.75 Å². The SMILES string of the molecule is C[C@H]1c2cc(F)ccc2-c2ccccc2N1C(=O)c1cc(O)ccc1F. The molecule has 0 aromatic heterocycles. The molecule has 0 aliphatic carbocycles. The normalized spacial score (nSPS) is 15.3. The molecule has 0 fully saturated rings. The van der Waals surface area contributed by atoms with Crippen molar-refractivity contribution < 1.29 is 18.7 Å². The van der Waals surface area contributed by atoms with Crippen LogP contribution in [0.15, 0.2) is 60.7 Å². The van der Waals surface area contributed by atoms with Gasteiger partial charge in [0.2, 0.25) is 0 Å². The zero-order chi connectivity index (χ0) is 18.4. The molecule has 3 nitrogen and oxygen atoms in total. The monoisotopic (exact) mass is 351 g/mol. The quantitative estimate of drug-likeness (QED) is 0.666. The van der Waals surface area contributed by atoms with Gasteiger partial charge >= 0.3 is 0 Å². The van der Waals surface area contributed by atoms with Gasteiger partial charge in [0.15, 0.2) is 0 Å². The van der Waals surface area contributed by atoms with Crippen LogP contribution in [0.1, 0.15) is 28.9 Å². The van der Waals surface area contributed by atoms with Crippen molar-refractivity contribution >= 4 is 11.6 Å². The van der Waals surface area contributed by atoms with Gasteiger partial charge in [-0.05, 0) is 54.4 Å². The molecule has 0 unspecified atom stereocenters. The molecule has 4 rings (SSSR count). The molecule has 0 bridgehead atoms. The highest BCUT2D eigenvalue weighted by Gasteiger charge is 2.34. The number of aromatic hydroxyl groups is 1. The van der Waals surface area contributed by atoms with E-state index in [1.54, 1.807) is 25.1 Å². The molecule has 5 heteroatoms. The molecule has 0 radical (unpaired) electrons. The Balaban J connectivity index is 1.92. The lowest BCUT2D eigenvalue weighted by Gasteiger charge is -2.37. The van der Waals surface area contributed by atoms with E-state index < -0.39 is 23.6 Å². The second-order valence-corrected chi connectivity index (χ2v) is 6.26. The van der Waals surface area contributed by atoms with E-state index in [1.807, 2.05) is 12.1 Å². The smallest absolute Gasteiger partial charge is 0.261 e. The third kappa shape index (κ3) is 2.44. The number of para-hydroxylation sites is 1. The standard InChI is InChI=1S/C21H15F2NO2/c1-12-17-10-13(22)6-8-15(17)16-4-2-3-5-20(16)24(12)21(26)18-11-14(25)7-9-19(18)23/h2-12,25H,1H3/t12-/m0/s1. The summed E-state index contributed by atoms with van der Waals surface area (Å²) in [4.78, 5) is 14.6. The van der Waals surface area contributed by atoms with Gasteiger partial charge in [-0.15, -0.1) is 0 Å². The van der Waals surface area contributed by atoms with Crippen LogP contribution in [-0.2, 0) is 0 Å². The van der Waals surface area contributed by atoms with Crippen LogP contribution in [0, 0.1) is 11.6 Å². The molecular formula is C21H15F2NO2. The highest BCUT2D eigenvalue weighted by molar-refractivity contribution is 6.10. The average molecular weight is 351 g/mol. The predicted molar refractivity (Wildman–Crippen MR) is 95.1 cm³/mol. The zero-order valence-corrected chi connectivity index (χ0v) is 13.9. The molecule has 1 atom stereocenters. The van der Waals surface area contributed by atoms with E-state index in [4.69, 9.17) is 0 Å². The van der Waals surface area contributed by atoms with Crippen molar-refractivity contribution in [3.63, 3.8) is 0 Å². The Labute approximate surface area is 149 Å². The van der Waals surface area contributed by atoms with Gasteiger partial charge in [-0.2, -0.15) is 0 Å². The lowest BCUT2D eigenvalue weighted by molar-refractivity contribution is 0.0973. The molecule has 1 amide bonds. The number of hydrogen-bond acceptors (Lipinski definition) is 2. The Hall–Kier alpha value is -3.21. The van der Waals surface area contributed by atoms with Gasteiger partial charge in [0.1, 0.15) is 17.4 Å². The van der Waals surface area contributed by atoms with Crippen molar-refractivity contribution in [1.82, 2.24) is 0 Å². The molecular weight excluding hydrogens is 336 g/mol. The number of phenolic OH excluding ortho intramolecular Hbond substituents is 1. The predicted octanol–water partition coefficient (Wildman–Crippen LogP) is 5.06. The van der Waals surface area contributed by atoms with Crippen molar-refractivity contribution in [3.8, 4) is 16.9 Å². The van der Waals surface area contributed by atoms with Crippen molar-refractivity contribution in [2.24, 2.45) is 0 Å². The fraction of sp³-hybridized carbons (Fsp3) is 0.0952. The average Bonchev–Trinajstić information content (AvgIpc) is 2.64. The third-order valence-corrected chi connectivity index (χ3v) is 4.70. The third-order valence-electron chi connectivity index (χ3n) is 4.70. The first-order chi connectivity index (χ1) is 12.5. The summed E-state index contributed by atoms with van der Waals surface area (Å²) >= 11 is 0. The summed E-state index contributed by atoms with van der Waals surface area (Å²) in [6.07, 6.45) is 0. The molecule has 1 heterocycles. The van der Waals surface area contributed by atoms with E-state index >= 15 is 0 Å². The number of amides is 1. The summed E-state index contributed by atoms with van der Waals surface area (Å²) in [5.41, 5.74) is 2.65. The van der Waals surface area contributed by atoms with Gasteiger partial charge < -0.3 is 10.0 Å². The second kappa shape index (κ2) is 5.95. The molecule has 1 aliphatic heterocycles. The number of nitrogens with zero attached hydrogens (tertiary/aromatic N) is 1. The van der Waals surface area contributed by atoms with E-state index in [1.165, 1.54) is 23.1 Å². The fourth-order valence-electron chi connectivity index (χ4n) is 3.48. The van der Waals surface area contributed by atoms with Gasteiger partial charge in [0.05, 0.1) is 17.3 Å². The van der Waals surface area contributed by atoms with E-state index in [-0.39, 0.29) is 11.3 Å². The van der Waals surface area contributed by atoms with E-state index in [9.17, 15) is 18.7 Å². The largest absolute Gasteiger partial charge is 0.508 e. The molecule has 0 saturated carbocycles. The molecule has 130 valence electrons. The maximum Gasteiger partial charge on any atom is 0.261 e. The Morgan fingerprint density at radius 3 is 2.58 bits per heavy atom. The first-order valence-corrected chi connectivity index (χ1v) is 8.18. The van der Waals surface area contributed by atoms with Crippen LogP contribution >= 0.6 is 0 Å². The fourth-order valence-corrected chi connectivity index (χ4v) is 3.48. The van der Waals surface area contributed by atoms with Gasteiger partial charge in [-0.25, -0.2) is 8.78 Å². The first kappa shape index (κ1) is 16.3. The number of phenols is 1. The number of carbonyl (C=O) groups excluding carboxylic acids is 1. The number of halogens is 2.